The molecule has 0 saturated carbocycles. The summed E-state index contributed by atoms with van der Waals surface area (Å²) in [5.41, 5.74) is 3.78. The maximum Gasteiger partial charge on any atom is 0.0771 e. The smallest absolute Gasteiger partial charge is 0.0771 e. The van der Waals surface area contributed by atoms with Gasteiger partial charge in [-0.1, -0.05) is 6.92 Å². The van der Waals surface area contributed by atoms with Crippen LogP contribution in [0.4, 0.5) is 0 Å². The fraction of sp³-hybridized carbons (Fsp3) is 0.786. The summed E-state index contributed by atoms with van der Waals surface area (Å²) >= 11 is 0. The molecule has 1 aromatic heterocycles. The normalized spacial score (nSPS) is 19.6. The fourth-order valence-electron chi connectivity index (χ4n) is 2.54. The summed E-state index contributed by atoms with van der Waals surface area (Å²) in [6.45, 7) is 10.3. The zero-order chi connectivity index (χ0) is 13.0. The number of ether oxygens (including phenoxy) is 1. The van der Waals surface area contributed by atoms with E-state index < -0.39 is 0 Å². The van der Waals surface area contributed by atoms with Crippen molar-refractivity contribution in [1.29, 1.82) is 0 Å². The number of nitrogens with one attached hydrogen (secondary N) is 1. The Morgan fingerprint density at radius 3 is 2.94 bits per heavy atom. The molecule has 1 atom stereocenters. The van der Waals surface area contributed by atoms with E-state index >= 15 is 0 Å². The molecular weight excluding hydrogens is 226 g/mol. The molecule has 4 heteroatoms. The lowest BCUT2D eigenvalue weighted by atomic mass is 10.2. The highest BCUT2D eigenvalue weighted by Gasteiger charge is 2.19. The molecule has 1 unspecified atom stereocenters. The van der Waals surface area contributed by atoms with Crippen molar-refractivity contribution < 1.29 is 4.74 Å². The zero-order valence-electron chi connectivity index (χ0n) is 11.8. The van der Waals surface area contributed by atoms with Crippen LogP contribution >= 0.6 is 0 Å². The Kier molecular flexibility index (Phi) is 4.78. The molecule has 4 nitrogen and oxygen atoms in total. The first-order chi connectivity index (χ1) is 8.72. The van der Waals surface area contributed by atoms with Crippen LogP contribution in [0, 0.1) is 13.8 Å². The molecule has 1 fully saturated rings. The van der Waals surface area contributed by atoms with Gasteiger partial charge in [-0.25, -0.2) is 0 Å². The second-order valence-corrected chi connectivity index (χ2v) is 5.14. The van der Waals surface area contributed by atoms with E-state index in [1.165, 1.54) is 30.5 Å². The summed E-state index contributed by atoms with van der Waals surface area (Å²) < 4.78 is 7.80. The van der Waals surface area contributed by atoms with Gasteiger partial charge in [0.15, 0.2) is 0 Å². The molecule has 1 N–H and O–H groups in total. The van der Waals surface area contributed by atoms with Gasteiger partial charge in [-0.05, 0) is 39.7 Å². The predicted molar refractivity (Wildman–Crippen MR) is 72.7 cm³/mol. The van der Waals surface area contributed by atoms with E-state index in [0.29, 0.717) is 6.10 Å². The van der Waals surface area contributed by atoms with E-state index in [9.17, 15) is 0 Å². The Balaban J connectivity index is 2.00. The van der Waals surface area contributed by atoms with Crippen molar-refractivity contribution in [3.63, 3.8) is 0 Å². The molecule has 102 valence electrons. The molecule has 18 heavy (non-hydrogen) atoms. The highest BCUT2D eigenvalue weighted by Crippen LogP contribution is 2.18. The third-order valence-electron chi connectivity index (χ3n) is 3.66. The van der Waals surface area contributed by atoms with Gasteiger partial charge < -0.3 is 10.1 Å². The lowest BCUT2D eigenvalue weighted by molar-refractivity contribution is 0.0933. The van der Waals surface area contributed by atoms with Crippen molar-refractivity contribution in [2.24, 2.45) is 0 Å². The molecule has 2 heterocycles. The third-order valence-corrected chi connectivity index (χ3v) is 3.66. The lowest BCUT2D eigenvalue weighted by Gasteiger charge is -2.11. The Labute approximate surface area is 110 Å². The maximum atomic E-state index is 5.68. The number of aromatic nitrogens is 2. The topological polar surface area (TPSA) is 39.1 Å². The number of aryl methyl sites for hydroxylation is 1. The number of hydrogen-bond acceptors (Lipinski definition) is 3. The monoisotopic (exact) mass is 251 g/mol. The van der Waals surface area contributed by atoms with E-state index in [-0.39, 0.29) is 0 Å². The average Bonchev–Trinajstić information content (AvgIpc) is 2.93. The Hall–Kier alpha value is -0.870. The predicted octanol–water partition coefficient (Wildman–Crippen LogP) is 2.18. The van der Waals surface area contributed by atoms with E-state index in [2.05, 4.69) is 35.9 Å². The molecule has 2 rings (SSSR count). The van der Waals surface area contributed by atoms with Crippen molar-refractivity contribution in [2.45, 2.75) is 59.2 Å². The maximum absolute atomic E-state index is 5.68. The molecule has 1 aliphatic rings. The van der Waals surface area contributed by atoms with Crippen LogP contribution in [0.5, 0.6) is 0 Å². The summed E-state index contributed by atoms with van der Waals surface area (Å²) in [4.78, 5) is 0. The van der Waals surface area contributed by atoms with Crippen LogP contribution < -0.4 is 5.32 Å². The van der Waals surface area contributed by atoms with Crippen LogP contribution in [0.3, 0.4) is 0 Å². The van der Waals surface area contributed by atoms with Gasteiger partial charge in [0, 0.05) is 24.4 Å². The van der Waals surface area contributed by atoms with E-state index in [0.717, 1.165) is 31.9 Å². The van der Waals surface area contributed by atoms with Crippen LogP contribution in [0.15, 0.2) is 0 Å². The molecule has 1 aliphatic heterocycles. The SMILES string of the molecule is CCCNCc1c(C)nn(CC2CCCO2)c1C. The Morgan fingerprint density at radius 2 is 2.28 bits per heavy atom. The highest BCUT2D eigenvalue weighted by atomic mass is 16.5. The largest absolute Gasteiger partial charge is 0.376 e. The van der Waals surface area contributed by atoms with E-state index in [4.69, 9.17) is 4.74 Å². The first-order valence-electron chi connectivity index (χ1n) is 7.07. The number of rotatable bonds is 6. The standard InChI is InChI=1S/C14H25N3O/c1-4-7-15-9-14-11(2)16-17(12(14)3)10-13-6-5-8-18-13/h13,15H,4-10H2,1-3H3. The van der Waals surface area contributed by atoms with Gasteiger partial charge >= 0.3 is 0 Å². The first kappa shape index (κ1) is 13.6. The van der Waals surface area contributed by atoms with Crippen molar-refractivity contribution in [3.8, 4) is 0 Å². The minimum Gasteiger partial charge on any atom is -0.376 e. The molecule has 0 amide bonds. The fourth-order valence-corrected chi connectivity index (χ4v) is 2.54. The third kappa shape index (κ3) is 3.12. The molecule has 0 aromatic carbocycles. The van der Waals surface area contributed by atoms with E-state index in [1.54, 1.807) is 0 Å². The van der Waals surface area contributed by atoms with Gasteiger partial charge in [0.2, 0.25) is 0 Å². The van der Waals surface area contributed by atoms with Crippen LogP contribution in [0.1, 0.15) is 43.1 Å². The van der Waals surface area contributed by atoms with Crippen molar-refractivity contribution in [2.75, 3.05) is 13.2 Å². The second-order valence-electron chi connectivity index (χ2n) is 5.14. The van der Waals surface area contributed by atoms with Crippen LogP contribution in [-0.4, -0.2) is 29.0 Å². The first-order valence-corrected chi connectivity index (χ1v) is 7.07. The zero-order valence-corrected chi connectivity index (χ0v) is 11.8. The van der Waals surface area contributed by atoms with Crippen molar-refractivity contribution >= 4 is 0 Å². The average molecular weight is 251 g/mol. The molecule has 1 saturated heterocycles. The van der Waals surface area contributed by atoms with Gasteiger partial charge in [-0.2, -0.15) is 5.10 Å². The molecule has 0 spiro atoms. The summed E-state index contributed by atoms with van der Waals surface area (Å²) in [5, 5.41) is 8.10. The van der Waals surface area contributed by atoms with Gasteiger partial charge in [0.25, 0.3) is 0 Å². The van der Waals surface area contributed by atoms with Crippen LogP contribution in [0.25, 0.3) is 0 Å². The Bertz CT molecular complexity index is 381. The second kappa shape index (κ2) is 6.34. The quantitative estimate of drug-likeness (QED) is 0.788. The lowest BCUT2D eigenvalue weighted by Crippen LogP contribution is -2.18. The summed E-state index contributed by atoms with van der Waals surface area (Å²) in [6.07, 6.45) is 3.89. The van der Waals surface area contributed by atoms with Gasteiger partial charge in [-0.15, -0.1) is 0 Å². The molecule has 0 bridgehead atoms. The summed E-state index contributed by atoms with van der Waals surface area (Å²) in [5.74, 6) is 0. The molecule has 1 aromatic rings. The number of nitrogens with zero attached hydrogens (tertiary/aromatic N) is 2. The minimum absolute atomic E-state index is 0.361. The van der Waals surface area contributed by atoms with Crippen molar-refractivity contribution in [3.05, 3.63) is 17.0 Å². The van der Waals surface area contributed by atoms with Gasteiger partial charge in [0.05, 0.1) is 18.3 Å². The van der Waals surface area contributed by atoms with Gasteiger partial charge in [0.1, 0.15) is 0 Å². The summed E-state index contributed by atoms with van der Waals surface area (Å²) in [7, 11) is 0. The Morgan fingerprint density at radius 1 is 1.44 bits per heavy atom. The molecular formula is C14H25N3O. The van der Waals surface area contributed by atoms with Crippen LogP contribution in [-0.2, 0) is 17.8 Å². The summed E-state index contributed by atoms with van der Waals surface area (Å²) in [6, 6.07) is 0. The minimum atomic E-state index is 0.361. The molecule has 0 radical (unpaired) electrons. The van der Waals surface area contributed by atoms with Crippen LogP contribution in [0.2, 0.25) is 0 Å². The highest BCUT2D eigenvalue weighted by molar-refractivity contribution is 5.24. The number of hydrogen-bond donors (Lipinski definition) is 1. The van der Waals surface area contributed by atoms with Gasteiger partial charge in [-0.3, -0.25) is 4.68 Å². The molecule has 0 aliphatic carbocycles. The van der Waals surface area contributed by atoms with E-state index in [1.807, 2.05) is 0 Å². The van der Waals surface area contributed by atoms with Crippen molar-refractivity contribution in [1.82, 2.24) is 15.1 Å².